The van der Waals surface area contributed by atoms with Crippen LogP contribution in [-0.4, -0.2) is 21.0 Å². The third kappa shape index (κ3) is 4.25. The molecule has 2 rings (SSSR count). The van der Waals surface area contributed by atoms with Crippen LogP contribution < -0.4 is 11.1 Å². The number of anilines is 2. The maximum absolute atomic E-state index is 10.6. The Morgan fingerprint density at radius 1 is 1.29 bits per heavy atom. The van der Waals surface area contributed by atoms with Gasteiger partial charge in [0.25, 0.3) is 0 Å². The molecule has 6 heteroatoms. The number of aryl methyl sites for hydroxylation is 1. The van der Waals surface area contributed by atoms with Crippen LogP contribution in [0.2, 0.25) is 0 Å². The quantitative estimate of drug-likeness (QED) is 0.753. The van der Waals surface area contributed by atoms with Crippen LogP contribution in [0.4, 0.5) is 11.6 Å². The van der Waals surface area contributed by atoms with Crippen LogP contribution in [0, 0.1) is 0 Å². The number of carboxylic acid groups (broad SMARTS) is 1. The first-order valence-corrected chi connectivity index (χ1v) is 6.73. The van der Waals surface area contributed by atoms with E-state index in [0.717, 1.165) is 12.1 Å². The second-order valence-electron chi connectivity index (χ2n) is 4.72. The van der Waals surface area contributed by atoms with Crippen molar-refractivity contribution in [2.24, 2.45) is 5.73 Å². The lowest BCUT2D eigenvalue weighted by Gasteiger charge is -2.10. The number of rotatable bonds is 6. The van der Waals surface area contributed by atoms with E-state index in [0.29, 0.717) is 11.5 Å². The molecule has 0 aliphatic rings. The molecule has 1 unspecified atom stereocenters. The zero-order chi connectivity index (χ0) is 15.2. The zero-order valence-electron chi connectivity index (χ0n) is 11.8. The van der Waals surface area contributed by atoms with Gasteiger partial charge in [0.2, 0.25) is 5.95 Å². The first-order chi connectivity index (χ1) is 10.1. The first-order valence-electron chi connectivity index (χ1n) is 6.73. The smallest absolute Gasteiger partial charge is 0.305 e. The second kappa shape index (κ2) is 6.81. The molecule has 110 valence electrons. The highest BCUT2D eigenvalue weighted by Gasteiger charge is 2.11. The average molecular weight is 286 g/mol. The number of carboxylic acids is 1. The van der Waals surface area contributed by atoms with Gasteiger partial charge in [-0.15, -0.1) is 0 Å². The number of aliphatic carboxylic acids is 1. The van der Waals surface area contributed by atoms with Gasteiger partial charge in [-0.3, -0.25) is 4.79 Å². The molecule has 0 radical (unpaired) electrons. The summed E-state index contributed by atoms with van der Waals surface area (Å²) in [5.41, 5.74) is 8.51. The molecule has 0 fully saturated rings. The summed E-state index contributed by atoms with van der Waals surface area (Å²) in [6, 6.07) is 7.41. The number of nitrogens with zero attached hydrogens (tertiary/aromatic N) is 2. The van der Waals surface area contributed by atoms with E-state index in [1.54, 1.807) is 12.4 Å². The summed E-state index contributed by atoms with van der Waals surface area (Å²) in [6.07, 6.45) is 3.94. The van der Waals surface area contributed by atoms with Gasteiger partial charge in [-0.25, -0.2) is 9.97 Å². The fourth-order valence-electron chi connectivity index (χ4n) is 1.85. The molecular formula is C15H18N4O2. The van der Waals surface area contributed by atoms with E-state index < -0.39 is 12.0 Å². The van der Waals surface area contributed by atoms with Crippen LogP contribution in [0.15, 0.2) is 36.7 Å². The van der Waals surface area contributed by atoms with Gasteiger partial charge in [0, 0.05) is 29.7 Å². The molecule has 0 aliphatic heterocycles. The SMILES string of the molecule is CCc1ccc(Nc2ncc(C(N)CC(=O)O)cn2)cc1. The standard InChI is InChI=1S/C15H18N4O2/c1-2-10-3-5-12(6-4-10)19-15-17-8-11(9-18-15)13(16)7-14(20)21/h3-6,8-9,13H,2,7,16H2,1H3,(H,20,21)(H,17,18,19). The Labute approximate surface area is 123 Å². The fraction of sp³-hybridized carbons (Fsp3) is 0.267. The highest BCUT2D eigenvalue weighted by molar-refractivity contribution is 5.67. The Bertz CT molecular complexity index is 596. The molecule has 0 bridgehead atoms. The normalized spacial score (nSPS) is 11.9. The van der Waals surface area contributed by atoms with Gasteiger partial charge in [0.05, 0.1) is 6.42 Å². The van der Waals surface area contributed by atoms with Crippen molar-refractivity contribution in [1.29, 1.82) is 0 Å². The lowest BCUT2D eigenvalue weighted by atomic mass is 10.1. The molecule has 1 aromatic carbocycles. The van der Waals surface area contributed by atoms with E-state index >= 15 is 0 Å². The number of benzene rings is 1. The van der Waals surface area contributed by atoms with E-state index in [1.165, 1.54) is 5.56 Å². The molecule has 0 amide bonds. The highest BCUT2D eigenvalue weighted by Crippen LogP contribution is 2.16. The summed E-state index contributed by atoms with van der Waals surface area (Å²) in [4.78, 5) is 18.9. The fourth-order valence-corrected chi connectivity index (χ4v) is 1.85. The van der Waals surface area contributed by atoms with Crippen molar-refractivity contribution < 1.29 is 9.90 Å². The molecule has 2 aromatic rings. The summed E-state index contributed by atoms with van der Waals surface area (Å²) in [6.45, 7) is 2.10. The van der Waals surface area contributed by atoms with Crippen molar-refractivity contribution in [3.8, 4) is 0 Å². The number of hydrogen-bond acceptors (Lipinski definition) is 5. The van der Waals surface area contributed by atoms with Crippen molar-refractivity contribution in [1.82, 2.24) is 9.97 Å². The Kier molecular flexibility index (Phi) is 4.84. The number of nitrogens with one attached hydrogen (secondary N) is 1. The van der Waals surface area contributed by atoms with Crippen LogP contribution in [0.25, 0.3) is 0 Å². The summed E-state index contributed by atoms with van der Waals surface area (Å²) in [5.74, 6) is -0.494. The van der Waals surface area contributed by atoms with Crippen molar-refractivity contribution >= 4 is 17.6 Å². The molecule has 21 heavy (non-hydrogen) atoms. The molecule has 4 N–H and O–H groups in total. The van der Waals surface area contributed by atoms with Crippen LogP contribution in [0.1, 0.15) is 30.5 Å². The summed E-state index contributed by atoms with van der Waals surface area (Å²) < 4.78 is 0. The van der Waals surface area contributed by atoms with Gasteiger partial charge in [-0.2, -0.15) is 0 Å². The Balaban J connectivity index is 2.02. The van der Waals surface area contributed by atoms with E-state index in [2.05, 4.69) is 22.2 Å². The largest absolute Gasteiger partial charge is 0.481 e. The molecule has 6 nitrogen and oxygen atoms in total. The van der Waals surface area contributed by atoms with Crippen LogP contribution in [0.3, 0.4) is 0 Å². The number of aromatic nitrogens is 2. The summed E-state index contributed by atoms with van der Waals surface area (Å²) in [7, 11) is 0. The van der Waals surface area contributed by atoms with Crippen LogP contribution in [-0.2, 0) is 11.2 Å². The topological polar surface area (TPSA) is 101 Å². The van der Waals surface area contributed by atoms with Crippen LogP contribution >= 0.6 is 0 Å². The molecule has 0 saturated carbocycles. The Morgan fingerprint density at radius 3 is 2.43 bits per heavy atom. The van der Waals surface area contributed by atoms with Gasteiger partial charge in [0.1, 0.15) is 0 Å². The maximum Gasteiger partial charge on any atom is 0.305 e. The minimum atomic E-state index is -0.944. The van der Waals surface area contributed by atoms with E-state index in [-0.39, 0.29) is 6.42 Å². The lowest BCUT2D eigenvalue weighted by molar-refractivity contribution is -0.137. The summed E-state index contributed by atoms with van der Waals surface area (Å²) in [5, 5.41) is 11.8. The van der Waals surface area contributed by atoms with Gasteiger partial charge < -0.3 is 16.2 Å². The number of carbonyl (C=O) groups is 1. The molecule has 1 aromatic heterocycles. The number of hydrogen-bond donors (Lipinski definition) is 3. The molecule has 1 atom stereocenters. The van der Waals surface area contributed by atoms with Crippen molar-refractivity contribution in [2.75, 3.05) is 5.32 Å². The van der Waals surface area contributed by atoms with Gasteiger partial charge in [-0.05, 0) is 24.1 Å². The molecule has 0 saturated heterocycles. The molecule has 0 aliphatic carbocycles. The van der Waals surface area contributed by atoms with Crippen molar-refractivity contribution in [3.05, 3.63) is 47.8 Å². The average Bonchev–Trinajstić information content (AvgIpc) is 2.48. The predicted octanol–water partition coefficient (Wildman–Crippen LogP) is 2.26. The first kappa shape index (κ1) is 14.9. The molecular weight excluding hydrogens is 268 g/mol. The zero-order valence-corrected chi connectivity index (χ0v) is 11.8. The lowest BCUT2D eigenvalue weighted by Crippen LogP contribution is -2.15. The third-order valence-corrected chi connectivity index (χ3v) is 3.11. The van der Waals surface area contributed by atoms with Crippen molar-refractivity contribution in [3.63, 3.8) is 0 Å². The minimum Gasteiger partial charge on any atom is -0.481 e. The Morgan fingerprint density at radius 2 is 1.90 bits per heavy atom. The van der Waals surface area contributed by atoms with E-state index in [1.807, 2.05) is 24.3 Å². The van der Waals surface area contributed by atoms with Gasteiger partial charge in [-0.1, -0.05) is 19.1 Å². The number of nitrogens with two attached hydrogens (primary N) is 1. The molecule has 0 spiro atoms. The van der Waals surface area contributed by atoms with Crippen LogP contribution in [0.5, 0.6) is 0 Å². The summed E-state index contributed by atoms with van der Waals surface area (Å²) >= 11 is 0. The minimum absolute atomic E-state index is 0.144. The molecule has 1 heterocycles. The van der Waals surface area contributed by atoms with Gasteiger partial charge >= 0.3 is 5.97 Å². The Hall–Kier alpha value is -2.47. The second-order valence-corrected chi connectivity index (χ2v) is 4.72. The van der Waals surface area contributed by atoms with Gasteiger partial charge in [0.15, 0.2) is 0 Å². The third-order valence-electron chi connectivity index (χ3n) is 3.11. The predicted molar refractivity (Wildman–Crippen MR) is 80.3 cm³/mol. The van der Waals surface area contributed by atoms with Crippen molar-refractivity contribution in [2.45, 2.75) is 25.8 Å². The monoisotopic (exact) mass is 286 g/mol. The maximum atomic E-state index is 10.6. The van der Waals surface area contributed by atoms with E-state index in [9.17, 15) is 4.79 Å². The van der Waals surface area contributed by atoms with E-state index in [4.69, 9.17) is 10.8 Å². The highest BCUT2D eigenvalue weighted by atomic mass is 16.4.